The lowest BCUT2D eigenvalue weighted by Gasteiger charge is -2.39. The Morgan fingerprint density at radius 3 is 2.95 bits per heavy atom. The monoisotopic (exact) mass is 323 g/mol. The summed E-state index contributed by atoms with van der Waals surface area (Å²) in [5, 5.41) is 2.91. The van der Waals surface area contributed by atoms with E-state index in [1.165, 1.54) is 19.3 Å². The van der Waals surface area contributed by atoms with Crippen molar-refractivity contribution in [3.63, 3.8) is 0 Å². The van der Waals surface area contributed by atoms with E-state index in [0.29, 0.717) is 32.7 Å². The van der Waals surface area contributed by atoms with Crippen LogP contribution in [0.25, 0.3) is 0 Å². The first kappa shape index (κ1) is 15.9. The minimum Gasteiger partial charge on any atom is -0.367 e. The Kier molecular flexibility index (Phi) is 5.10. The van der Waals surface area contributed by atoms with Gasteiger partial charge in [0, 0.05) is 24.5 Å². The van der Waals surface area contributed by atoms with Crippen LogP contribution in [0, 0.1) is 5.41 Å². The molecule has 22 heavy (non-hydrogen) atoms. The summed E-state index contributed by atoms with van der Waals surface area (Å²) in [6.07, 6.45) is 8.18. The van der Waals surface area contributed by atoms with E-state index >= 15 is 0 Å². The summed E-state index contributed by atoms with van der Waals surface area (Å²) in [6, 6.07) is 0. The first-order valence-electron chi connectivity index (χ1n) is 8.21. The lowest BCUT2D eigenvalue weighted by molar-refractivity contribution is -0.142. The molecule has 1 amide bonds. The number of hydrogen-bond acceptors (Lipinski definition) is 5. The minimum absolute atomic E-state index is 0.0321. The predicted octanol–water partition coefficient (Wildman–Crippen LogP) is 2.34. The summed E-state index contributed by atoms with van der Waals surface area (Å²) in [5.41, 5.74) is 6.05. The van der Waals surface area contributed by atoms with E-state index in [9.17, 15) is 4.79 Å². The third kappa shape index (κ3) is 3.50. The number of aromatic nitrogens is 1. The topological polar surface area (TPSA) is 68.5 Å². The standard InChI is InChI=1S/C16H25N3O2S/c17-12-16(4-2-1-3-5-16)10-14(20)19-7-8-21-13(11-19)15-18-6-9-22-15/h6,9,13H,1-5,7-8,10-12,17H2. The van der Waals surface area contributed by atoms with Crippen LogP contribution in [-0.2, 0) is 9.53 Å². The van der Waals surface area contributed by atoms with E-state index in [1.807, 2.05) is 10.3 Å². The third-order valence-electron chi connectivity index (χ3n) is 5.02. The van der Waals surface area contributed by atoms with Crippen molar-refractivity contribution in [1.82, 2.24) is 9.88 Å². The molecule has 0 radical (unpaired) electrons. The zero-order chi connectivity index (χ0) is 15.4. The van der Waals surface area contributed by atoms with Crippen LogP contribution in [0.15, 0.2) is 11.6 Å². The number of amides is 1. The molecule has 2 aliphatic rings. The summed E-state index contributed by atoms with van der Waals surface area (Å²) in [7, 11) is 0. The molecule has 1 saturated heterocycles. The molecule has 5 nitrogen and oxygen atoms in total. The number of thiazole rings is 1. The van der Waals surface area contributed by atoms with Gasteiger partial charge in [0.25, 0.3) is 0 Å². The smallest absolute Gasteiger partial charge is 0.223 e. The van der Waals surface area contributed by atoms with E-state index < -0.39 is 0 Å². The minimum atomic E-state index is -0.0714. The molecule has 122 valence electrons. The van der Waals surface area contributed by atoms with Gasteiger partial charge >= 0.3 is 0 Å². The Labute approximate surface area is 135 Å². The van der Waals surface area contributed by atoms with Gasteiger partial charge in [-0.3, -0.25) is 4.79 Å². The van der Waals surface area contributed by atoms with Crippen LogP contribution in [0.2, 0.25) is 0 Å². The number of ether oxygens (including phenoxy) is 1. The molecule has 2 heterocycles. The Balaban J connectivity index is 1.61. The van der Waals surface area contributed by atoms with Crippen molar-refractivity contribution in [3.8, 4) is 0 Å². The number of nitrogens with zero attached hydrogens (tertiary/aromatic N) is 2. The number of rotatable bonds is 4. The van der Waals surface area contributed by atoms with Crippen molar-refractivity contribution in [3.05, 3.63) is 16.6 Å². The largest absolute Gasteiger partial charge is 0.367 e. The molecule has 1 atom stereocenters. The summed E-state index contributed by atoms with van der Waals surface area (Å²) < 4.78 is 5.77. The first-order chi connectivity index (χ1) is 10.7. The fourth-order valence-corrected chi connectivity index (χ4v) is 4.28. The highest BCUT2D eigenvalue weighted by Gasteiger charge is 2.36. The number of carbonyl (C=O) groups excluding carboxylic acids is 1. The molecule has 2 N–H and O–H groups in total. The average molecular weight is 323 g/mol. The van der Waals surface area contributed by atoms with Gasteiger partial charge in [0.1, 0.15) is 11.1 Å². The number of nitrogens with two attached hydrogens (primary N) is 1. The fourth-order valence-electron chi connectivity index (χ4n) is 3.61. The number of morpholine rings is 1. The van der Waals surface area contributed by atoms with Crippen molar-refractivity contribution in [2.45, 2.75) is 44.6 Å². The normalized spacial score (nSPS) is 25.1. The molecule has 0 spiro atoms. The van der Waals surface area contributed by atoms with Crippen LogP contribution in [0.5, 0.6) is 0 Å². The van der Waals surface area contributed by atoms with Gasteiger partial charge in [-0.25, -0.2) is 4.98 Å². The quantitative estimate of drug-likeness (QED) is 0.923. The summed E-state index contributed by atoms with van der Waals surface area (Å²) in [5.74, 6) is 0.234. The highest BCUT2D eigenvalue weighted by molar-refractivity contribution is 7.09. The summed E-state index contributed by atoms with van der Waals surface area (Å²) in [6.45, 7) is 2.51. The van der Waals surface area contributed by atoms with Gasteiger partial charge in [-0.1, -0.05) is 19.3 Å². The lowest BCUT2D eigenvalue weighted by Crippen LogP contribution is -2.45. The van der Waals surface area contributed by atoms with Crippen molar-refractivity contribution in [2.24, 2.45) is 11.1 Å². The Morgan fingerprint density at radius 2 is 2.27 bits per heavy atom. The first-order valence-corrected chi connectivity index (χ1v) is 9.09. The average Bonchev–Trinajstić information content (AvgIpc) is 3.10. The van der Waals surface area contributed by atoms with E-state index in [4.69, 9.17) is 10.5 Å². The van der Waals surface area contributed by atoms with Crippen LogP contribution in [0.4, 0.5) is 0 Å². The maximum Gasteiger partial charge on any atom is 0.223 e. The SMILES string of the molecule is NCC1(CC(=O)N2CCOC(c3nccs3)C2)CCCCC1. The van der Waals surface area contributed by atoms with Crippen molar-refractivity contribution in [1.29, 1.82) is 0 Å². The second-order valence-corrected chi connectivity index (χ2v) is 7.44. The van der Waals surface area contributed by atoms with Gasteiger partial charge in [0.05, 0.1) is 13.2 Å². The highest BCUT2D eigenvalue weighted by Crippen LogP contribution is 2.39. The van der Waals surface area contributed by atoms with Crippen LogP contribution in [-0.4, -0.2) is 42.0 Å². The molecule has 0 aromatic carbocycles. The Hall–Kier alpha value is -0.980. The molecule has 1 unspecified atom stereocenters. The van der Waals surface area contributed by atoms with Crippen molar-refractivity contribution in [2.75, 3.05) is 26.2 Å². The molecule has 1 aromatic heterocycles. The van der Waals surface area contributed by atoms with Crippen LogP contribution < -0.4 is 5.73 Å². The van der Waals surface area contributed by atoms with E-state index in [2.05, 4.69) is 4.98 Å². The van der Waals surface area contributed by atoms with Crippen LogP contribution in [0.1, 0.15) is 49.6 Å². The van der Waals surface area contributed by atoms with E-state index in [1.54, 1.807) is 17.5 Å². The number of hydrogen-bond donors (Lipinski definition) is 1. The predicted molar refractivity (Wildman–Crippen MR) is 86.6 cm³/mol. The Bertz CT molecular complexity index is 486. The molecule has 1 saturated carbocycles. The van der Waals surface area contributed by atoms with Gasteiger partial charge in [-0.2, -0.15) is 0 Å². The highest BCUT2D eigenvalue weighted by atomic mass is 32.1. The molecular weight excluding hydrogens is 298 g/mol. The molecular formula is C16H25N3O2S. The number of carbonyl (C=O) groups is 1. The van der Waals surface area contributed by atoms with Gasteiger partial charge < -0.3 is 15.4 Å². The molecule has 2 fully saturated rings. The molecule has 3 rings (SSSR count). The fraction of sp³-hybridized carbons (Fsp3) is 0.750. The summed E-state index contributed by atoms with van der Waals surface area (Å²) in [4.78, 5) is 19.0. The van der Waals surface area contributed by atoms with Gasteiger partial charge in [0.2, 0.25) is 5.91 Å². The van der Waals surface area contributed by atoms with E-state index in [-0.39, 0.29) is 17.4 Å². The molecule has 6 heteroatoms. The molecule has 0 bridgehead atoms. The lowest BCUT2D eigenvalue weighted by atomic mass is 9.71. The van der Waals surface area contributed by atoms with E-state index in [0.717, 1.165) is 17.8 Å². The van der Waals surface area contributed by atoms with Crippen LogP contribution >= 0.6 is 11.3 Å². The van der Waals surface area contributed by atoms with Crippen molar-refractivity contribution < 1.29 is 9.53 Å². The van der Waals surface area contributed by atoms with Gasteiger partial charge in [-0.15, -0.1) is 11.3 Å². The second-order valence-electron chi connectivity index (χ2n) is 6.51. The zero-order valence-corrected chi connectivity index (χ0v) is 13.8. The molecule has 1 aromatic rings. The third-order valence-corrected chi connectivity index (χ3v) is 5.89. The maximum atomic E-state index is 12.7. The maximum absolute atomic E-state index is 12.7. The van der Waals surface area contributed by atoms with Gasteiger partial charge in [0.15, 0.2) is 0 Å². The van der Waals surface area contributed by atoms with Crippen LogP contribution in [0.3, 0.4) is 0 Å². The van der Waals surface area contributed by atoms with Gasteiger partial charge in [-0.05, 0) is 24.8 Å². The second kappa shape index (κ2) is 7.06. The molecule has 1 aliphatic heterocycles. The summed E-state index contributed by atoms with van der Waals surface area (Å²) >= 11 is 1.59. The zero-order valence-electron chi connectivity index (χ0n) is 13.0. The van der Waals surface area contributed by atoms with Crippen molar-refractivity contribution >= 4 is 17.2 Å². The Morgan fingerprint density at radius 1 is 1.45 bits per heavy atom. The molecule has 1 aliphatic carbocycles.